The normalized spacial score (nSPS) is 13.5. The van der Waals surface area contributed by atoms with Crippen LogP contribution in [0.1, 0.15) is 84.0 Å². The highest BCUT2D eigenvalue weighted by molar-refractivity contribution is 5.72. The zero-order valence-electron chi connectivity index (χ0n) is 20.7. The predicted octanol–water partition coefficient (Wildman–Crippen LogP) is 5.21. The molecule has 8 heteroatoms. The van der Waals surface area contributed by atoms with Gasteiger partial charge in [-0.25, -0.2) is 4.89 Å². The van der Waals surface area contributed by atoms with Gasteiger partial charge < -0.3 is 21.7 Å². The van der Waals surface area contributed by atoms with E-state index in [1.807, 2.05) is 30.4 Å². The predicted molar refractivity (Wildman–Crippen MR) is 137 cm³/mol. The molecule has 2 unspecified atom stereocenters. The number of unbranched alkanes of at least 4 members (excludes halogenated alkanes) is 4. The van der Waals surface area contributed by atoms with Crippen LogP contribution in [0.3, 0.4) is 0 Å². The van der Waals surface area contributed by atoms with Crippen LogP contribution in [-0.2, 0) is 14.5 Å². The number of carbonyl (C=O) groups is 2. The van der Waals surface area contributed by atoms with E-state index in [4.69, 9.17) is 26.9 Å². The SMILES string of the molecule is CCCCCC(C=CC=CCC=CCC=CCCCC(=O)O)OO.NCCCCC(N)C(=O)O. The number of aliphatic carboxylic acids is 2. The Balaban J connectivity index is 0. The van der Waals surface area contributed by atoms with Crippen LogP contribution in [0, 0.1) is 0 Å². The molecular formula is C26H46N2O6. The number of nitrogens with two attached hydrogens (primary N) is 2. The summed E-state index contributed by atoms with van der Waals surface area (Å²) < 4.78 is 0. The Bertz CT molecular complexity index is 602. The zero-order valence-corrected chi connectivity index (χ0v) is 20.7. The molecule has 0 rings (SSSR count). The second-order valence-corrected chi connectivity index (χ2v) is 7.88. The highest BCUT2D eigenvalue weighted by Crippen LogP contribution is 2.07. The standard InChI is InChI=1S/C20H32O4.C6H14N2O2/c1-2-3-13-16-19(24-23)17-14-11-9-7-5-4-6-8-10-12-15-18-20(21)22;7-4-2-1-3-5(8)6(9)10/h4-5,8-11,14,17,19,23H,2-3,6-7,12-13,15-16,18H2,1H3,(H,21,22);5H,1-4,7-8H2,(H,9,10). The number of hydrogen-bond acceptors (Lipinski definition) is 6. The number of allylic oxidation sites excluding steroid dienone is 7. The summed E-state index contributed by atoms with van der Waals surface area (Å²) in [6.45, 7) is 2.75. The van der Waals surface area contributed by atoms with Gasteiger partial charge in [0.15, 0.2) is 0 Å². The first-order valence-electron chi connectivity index (χ1n) is 12.2. The van der Waals surface area contributed by atoms with Crippen LogP contribution < -0.4 is 11.5 Å². The van der Waals surface area contributed by atoms with Crippen LogP contribution >= 0.6 is 0 Å². The fourth-order valence-electron chi connectivity index (χ4n) is 2.69. The molecule has 0 spiro atoms. The van der Waals surface area contributed by atoms with E-state index in [1.54, 1.807) is 0 Å². The lowest BCUT2D eigenvalue weighted by Gasteiger charge is -2.07. The highest BCUT2D eigenvalue weighted by Gasteiger charge is 2.09. The Hall–Kier alpha value is -2.26. The Morgan fingerprint density at radius 1 is 0.882 bits per heavy atom. The van der Waals surface area contributed by atoms with Crippen molar-refractivity contribution in [3.05, 3.63) is 48.6 Å². The second-order valence-electron chi connectivity index (χ2n) is 7.88. The summed E-state index contributed by atoms with van der Waals surface area (Å²) >= 11 is 0. The van der Waals surface area contributed by atoms with Gasteiger partial charge in [-0.05, 0) is 51.5 Å². The van der Waals surface area contributed by atoms with Gasteiger partial charge in [0, 0.05) is 6.42 Å². The molecule has 7 N–H and O–H groups in total. The van der Waals surface area contributed by atoms with Gasteiger partial charge in [-0.15, -0.1) is 0 Å². The van der Waals surface area contributed by atoms with Crippen molar-refractivity contribution in [1.29, 1.82) is 0 Å². The molecule has 0 saturated heterocycles. The van der Waals surface area contributed by atoms with Crippen molar-refractivity contribution >= 4 is 11.9 Å². The molecule has 0 bridgehead atoms. The van der Waals surface area contributed by atoms with Gasteiger partial charge in [0.2, 0.25) is 0 Å². The molecule has 0 fully saturated rings. The van der Waals surface area contributed by atoms with Crippen LogP contribution in [0.5, 0.6) is 0 Å². The Morgan fingerprint density at radius 3 is 2.12 bits per heavy atom. The molecule has 0 aliphatic heterocycles. The van der Waals surface area contributed by atoms with E-state index >= 15 is 0 Å². The van der Waals surface area contributed by atoms with Gasteiger partial charge in [0.25, 0.3) is 0 Å². The summed E-state index contributed by atoms with van der Waals surface area (Å²) in [4.78, 5) is 24.9. The van der Waals surface area contributed by atoms with E-state index in [1.165, 1.54) is 0 Å². The number of carboxylic acids is 2. The third-order valence-electron chi connectivity index (χ3n) is 4.73. The third-order valence-corrected chi connectivity index (χ3v) is 4.73. The van der Waals surface area contributed by atoms with Gasteiger partial charge in [0.1, 0.15) is 12.1 Å². The van der Waals surface area contributed by atoms with Crippen LogP contribution in [0.15, 0.2) is 48.6 Å². The molecule has 0 aliphatic carbocycles. The lowest BCUT2D eigenvalue weighted by molar-refractivity contribution is -0.267. The zero-order chi connectivity index (χ0) is 25.9. The Kier molecular flexibility index (Phi) is 26.9. The molecule has 0 heterocycles. The minimum Gasteiger partial charge on any atom is -0.481 e. The molecule has 0 aromatic heterocycles. The minimum atomic E-state index is -0.933. The van der Waals surface area contributed by atoms with Crippen molar-refractivity contribution in [2.45, 2.75) is 96.1 Å². The van der Waals surface area contributed by atoms with E-state index in [-0.39, 0.29) is 12.5 Å². The van der Waals surface area contributed by atoms with Gasteiger partial charge in [0.05, 0.1) is 0 Å². The van der Waals surface area contributed by atoms with Gasteiger partial charge in [-0.3, -0.25) is 14.8 Å². The van der Waals surface area contributed by atoms with Gasteiger partial charge in [-0.1, -0.05) is 81.2 Å². The molecule has 0 aliphatic rings. The monoisotopic (exact) mass is 482 g/mol. The molecule has 0 aromatic carbocycles. The van der Waals surface area contributed by atoms with Crippen molar-refractivity contribution in [3.8, 4) is 0 Å². The maximum atomic E-state index is 10.3. The summed E-state index contributed by atoms with van der Waals surface area (Å²) in [6, 6.07) is -0.716. The number of carboxylic acid groups (broad SMARTS) is 2. The highest BCUT2D eigenvalue weighted by atomic mass is 17.1. The molecule has 0 radical (unpaired) electrons. The maximum absolute atomic E-state index is 10.3. The first kappa shape index (κ1) is 33.9. The van der Waals surface area contributed by atoms with E-state index in [0.29, 0.717) is 19.4 Å². The molecule has 0 aromatic rings. The van der Waals surface area contributed by atoms with Crippen LogP contribution in [-0.4, -0.2) is 46.1 Å². The average molecular weight is 483 g/mol. The summed E-state index contributed by atoms with van der Waals surface area (Å²) in [7, 11) is 0. The summed E-state index contributed by atoms with van der Waals surface area (Å²) in [6.07, 6.45) is 25.7. The summed E-state index contributed by atoms with van der Waals surface area (Å²) in [5, 5.41) is 25.6. The Morgan fingerprint density at radius 2 is 1.53 bits per heavy atom. The van der Waals surface area contributed by atoms with Crippen molar-refractivity contribution in [3.63, 3.8) is 0 Å². The topological polar surface area (TPSA) is 156 Å². The molecule has 2 atom stereocenters. The molecule has 8 nitrogen and oxygen atoms in total. The average Bonchev–Trinajstić information content (AvgIpc) is 2.81. The fraction of sp³-hybridized carbons (Fsp3) is 0.615. The maximum Gasteiger partial charge on any atom is 0.320 e. The molecule has 0 saturated carbocycles. The van der Waals surface area contributed by atoms with Gasteiger partial charge >= 0.3 is 11.9 Å². The first-order valence-corrected chi connectivity index (χ1v) is 12.2. The van der Waals surface area contributed by atoms with Gasteiger partial charge in [-0.2, -0.15) is 0 Å². The number of hydrogen-bond donors (Lipinski definition) is 5. The van der Waals surface area contributed by atoms with Crippen LogP contribution in [0.4, 0.5) is 0 Å². The first-order chi connectivity index (χ1) is 16.4. The third kappa shape index (κ3) is 27.8. The van der Waals surface area contributed by atoms with Crippen LogP contribution in [0.25, 0.3) is 0 Å². The van der Waals surface area contributed by atoms with Crippen molar-refractivity contribution in [2.24, 2.45) is 11.5 Å². The Labute approximate surface area is 205 Å². The molecular weight excluding hydrogens is 436 g/mol. The van der Waals surface area contributed by atoms with Crippen molar-refractivity contribution in [1.82, 2.24) is 0 Å². The molecule has 0 amide bonds. The molecule has 34 heavy (non-hydrogen) atoms. The molecule has 196 valence electrons. The summed E-state index contributed by atoms with van der Waals surface area (Å²) in [5.41, 5.74) is 10.4. The van der Waals surface area contributed by atoms with Crippen molar-refractivity contribution < 1.29 is 29.9 Å². The van der Waals surface area contributed by atoms with Crippen LogP contribution in [0.2, 0.25) is 0 Å². The van der Waals surface area contributed by atoms with E-state index in [9.17, 15) is 9.59 Å². The van der Waals surface area contributed by atoms with E-state index in [0.717, 1.165) is 57.8 Å². The summed E-state index contributed by atoms with van der Waals surface area (Å²) in [5.74, 6) is -1.67. The smallest absolute Gasteiger partial charge is 0.320 e. The lowest BCUT2D eigenvalue weighted by Crippen LogP contribution is -2.29. The minimum absolute atomic E-state index is 0.219. The van der Waals surface area contributed by atoms with E-state index in [2.05, 4.69) is 30.0 Å². The van der Waals surface area contributed by atoms with Crippen molar-refractivity contribution in [2.75, 3.05) is 6.54 Å². The number of rotatable bonds is 20. The van der Waals surface area contributed by atoms with E-state index < -0.39 is 18.0 Å². The lowest BCUT2D eigenvalue weighted by atomic mass is 10.1. The largest absolute Gasteiger partial charge is 0.481 e. The fourth-order valence-corrected chi connectivity index (χ4v) is 2.69. The quantitative estimate of drug-likeness (QED) is 0.0520. The second kappa shape index (κ2) is 27.0.